The Morgan fingerprint density at radius 1 is 0.806 bits per heavy atom. The molecular weight excluding hydrogens is 454 g/mol. The van der Waals surface area contributed by atoms with Crippen LogP contribution in [0.1, 0.15) is 43.5 Å². The largest absolute Gasteiger partial charge is 0.453 e. The molecule has 0 spiro atoms. The lowest BCUT2D eigenvalue weighted by molar-refractivity contribution is -0.138. The second-order valence-corrected chi connectivity index (χ2v) is 8.93. The number of aryl methyl sites for hydroxylation is 2. The highest BCUT2D eigenvalue weighted by Crippen LogP contribution is 2.38. The van der Waals surface area contributed by atoms with E-state index in [1.165, 1.54) is 0 Å². The van der Waals surface area contributed by atoms with Gasteiger partial charge in [-0.25, -0.2) is 4.79 Å². The fourth-order valence-corrected chi connectivity index (χ4v) is 4.49. The summed E-state index contributed by atoms with van der Waals surface area (Å²) in [5.74, 6) is -4.67. The molecule has 0 fully saturated rings. The highest BCUT2D eigenvalue weighted by Gasteiger charge is 2.46. The number of fused-ring (bicyclic) bond motifs is 2. The summed E-state index contributed by atoms with van der Waals surface area (Å²) in [4.78, 5) is 53.0. The number of rotatable bonds is 6. The van der Waals surface area contributed by atoms with Gasteiger partial charge in [0.1, 0.15) is 12.0 Å². The van der Waals surface area contributed by atoms with Crippen molar-refractivity contribution in [3.63, 3.8) is 0 Å². The van der Waals surface area contributed by atoms with E-state index in [2.05, 4.69) is 5.32 Å². The summed E-state index contributed by atoms with van der Waals surface area (Å²) in [6.45, 7) is 3.84. The van der Waals surface area contributed by atoms with Crippen molar-refractivity contribution in [2.75, 3.05) is 5.32 Å². The summed E-state index contributed by atoms with van der Waals surface area (Å²) in [6, 6.07) is 24.5. The Labute approximate surface area is 207 Å². The number of esters is 1. The number of cyclic esters (lactones) is 1. The van der Waals surface area contributed by atoms with Gasteiger partial charge >= 0.3 is 5.97 Å². The number of hydrogen-bond acceptors (Lipinski definition) is 5. The summed E-state index contributed by atoms with van der Waals surface area (Å²) in [6.07, 6.45) is -1.20. The van der Waals surface area contributed by atoms with Crippen LogP contribution in [-0.4, -0.2) is 23.4 Å². The summed E-state index contributed by atoms with van der Waals surface area (Å²) in [5.41, 5.74) is 3.37. The molecule has 0 unspecified atom stereocenters. The monoisotopic (exact) mass is 477 g/mol. The zero-order chi connectivity index (χ0) is 25.4. The van der Waals surface area contributed by atoms with Gasteiger partial charge in [0.05, 0.1) is 5.56 Å². The highest BCUT2D eigenvalue weighted by molar-refractivity contribution is 6.45. The maximum Gasteiger partial charge on any atom is 0.339 e. The number of hydrogen-bond donors (Lipinski definition) is 1. The molecule has 1 aliphatic heterocycles. The molecule has 0 bridgehead atoms. The second kappa shape index (κ2) is 9.23. The van der Waals surface area contributed by atoms with Gasteiger partial charge in [0, 0.05) is 16.8 Å². The van der Waals surface area contributed by atoms with E-state index in [0.717, 1.165) is 21.9 Å². The Balaban J connectivity index is 1.54. The van der Waals surface area contributed by atoms with Gasteiger partial charge in [-0.05, 0) is 60.0 Å². The van der Waals surface area contributed by atoms with Gasteiger partial charge < -0.3 is 10.1 Å². The first-order valence-electron chi connectivity index (χ1n) is 11.6. The number of carbonyl (C=O) groups excluding carboxylic acids is 4. The van der Waals surface area contributed by atoms with Crippen LogP contribution in [-0.2, 0) is 14.3 Å². The predicted molar refractivity (Wildman–Crippen MR) is 136 cm³/mol. The Bertz CT molecular complexity index is 1550. The van der Waals surface area contributed by atoms with Crippen molar-refractivity contribution in [1.82, 2.24) is 0 Å². The molecule has 1 heterocycles. The lowest BCUT2D eigenvalue weighted by Crippen LogP contribution is -2.38. The molecule has 0 aliphatic carbocycles. The quantitative estimate of drug-likeness (QED) is 0.174. The molecule has 5 rings (SSSR count). The van der Waals surface area contributed by atoms with Crippen LogP contribution in [0.3, 0.4) is 0 Å². The zero-order valence-electron chi connectivity index (χ0n) is 19.8. The Hall–Kier alpha value is -4.58. The third kappa shape index (κ3) is 4.18. The molecule has 178 valence electrons. The number of Topliss-reactive ketones (excluding diaryl/α,β-unsaturated/α-hetero) is 2. The van der Waals surface area contributed by atoms with E-state index >= 15 is 0 Å². The second-order valence-electron chi connectivity index (χ2n) is 8.93. The molecule has 0 saturated carbocycles. The van der Waals surface area contributed by atoms with E-state index in [4.69, 9.17) is 4.74 Å². The molecule has 6 heteroatoms. The van der Waals surface area contributed by atoms with Gasteiger partial charge in [-0.1, -0.05) is 60.7 Å². The fraction of sp³-hybridized carbons (Fsp3) is 0.133. The van der Waals surface area contributed by atoms with Gasteiger partial charge in [0.2, 0.25) is 5.78 Å². The number of ketones is 2. The first-order valence-corrected chi connectivity index (χ1v) is 11.6. The van der Waals surface area contributed by atoms with Crippen molar-refractivity contribution in [2.45, 2.75) is 20.0 Å². The van der Waals surface area contributed by atoms with Crippen molar-refractivity contribution in [3.05, 3.63) is 113 Å². The van der Waals surface area contributed by atoms with Crippen LogP contribution >= 0.6 is 0 Å². The van der Waals surface area contributed by atoms with Crippen LogP contribution in [0.2, 0.25) is 0 Å². The maximum atomic E-state index is 13.8. The molecule has 1 N–H and O–H groups in total. The number of ether oxygens (including phenoxy) is 1. The molecule has 2 atom stereocenters. The molecule has 0 radical (unpaired) electrons. The van der Waals surface area contributed by atoms with E-state index in [9.17, 15) is 19.2 Å². The van der Waals surface area contributed by atoms with Crippen LogP contribution in [0.25, 0.3) is 10.8 Å². The molecule has 4 aromatic carbocycles. The predicted octanol–water partition coefficient (Wildman–Crippen LogP) is 5.38. The molecule has 0 aromatic heterocycles. The first kappa shape index (κ1) is 23.2. The lowest BCUT2D eigenvalue weighted by atomic mass is 9.84. The van der Waals surface area contributed by atoms with Gasteiger partial charge in [0.15, 0.2) is 5.78 Å². The average Bonchev–Trinajstić information content (AvgIpc) is 3.22. The van der Waals surface area contributed by atoms with Crippen molar-refractivity contribution >= 4 is 39.9 Å². The van der Waals surface area contributed by atoms with Crippen LogP contribution < -0.4 is 5.32 Å². The minimum absolute atomic E-state index is 0.256. The molecule has 0 saturated heterocycles. The van der Waals surface area contributed by atoms with Gasteiger partial charge in [-0.15, -0.1) is 0 Å². The minimum atomic E-state index is -1.54. The van der Waals surface area contributed by atoms with E-state index in [1.807, 2.05) is 44.2 Å². The molecule has 1 amide bonds. The van der Waals surface area contributed by atoms with Gasteiger partial charge in [0.25, 0.3) is 5.91 Å². The molecule has 4 aromatic rings. The fourth-order valence-electron chi connectivity index (χ4n) is 4.49. The van der Waals surface area contributed by atoms with E-state index < -0.39 is 35.5 Å². The number of carbonyl (C=O) groups is 4. The number of nitrogens with one attached hydrogen (secondary N) is 1. The summed E-state index contributed by atoms with van der Waals surface area (Å²) < 4.78 is 5.52. The number of anilines is 1. The van der Waals surface area contributed by atoms with Crippen LogP contribution in [0.4, 0.5) is 5.69 Å². The highest BCUT2D eigenvalue weighted by atomic mass is 16.5. The number of benzene rings is 4. The molecule has 36 heavy (non-hydrogen) atoms. The van der Waals surface area contributed by atoms with Crippen LogP contribution in [0.15, 0.2) is 84.9 Å². The maximum absolute atomic E-state index is 13.8. The van der Waals surface area contributed by atoms with E-state index in [-0.39, 0.29) is 11.1 Å². The summed E-state index contributed by atoms with van der Waals surface area (Å²) in [7, 11) is 0. The van der Waals surface area contributed by atoms with Gasteiger partial charge in [-0.2, -0.15) is 0 Å². The molecule has 1 aliphatic rings. The Kier molecular flexibility index (Phi) is 5.94. The van der Waals surface area contributed by atoms with E-state index in [0.29, 0.717) is 11.3 Å². The smallest absolute Gasteiger partial charge is 0.339 e. The first-order chi connectivity index (χ1) is 17.3. The summed E-state index contributed by atoms with van der Waals surface area (Å²) >= 11 is 0. The number of amides is 1. The van der Waals surface area contributed by atoms with Crippen molar-refractivity contribution in [1.29, 1.82) is 0 Å². The standard InChI is InChI=1S/C30H23NO5/c1-17-11-14-22(15-18(17)2)31-29(34)27(33)25(28-23-9-5-6-10-24(23)30(35)36-28)26(32)21-13-12-19-7-3-4-8-20(19)16-21/h3-16,25,28H,1-2H3,(H,31,34)/t25-,28+/m1/s1. The average molecular weight is 478 g/mol. The van der Waals surface area contributed by atoms with Crippen molar-refractivity contribution in [2.24, 2.45) is 5.92 Å². The van der Waals surface area contributed by atoms with Gasteiger partial charge in [-0.3, -0.25) is 14.4 Å². The third-order valence-corrected chi connectivity index (χ3v) is 6.61. The van der Waals surface area contributed by atoms with Crippen molar-refractivity contribution in [3.8, 4) is 0 Å². The molecular formula is C30H23NO5. The van der Waals surface area contributed by atoms with E-state index in [1.54, 1.807) is 54.6 Å². The normalized spacial score (nSPS) is 15.2. The molecule has 6 nitrogen and oxygen atoms in total. The topological polar surface area (TPSA) is 89.5 Å². The van der Waals surface area contributed by atoms with Crippen LogP contribution in [0, 0.1) is 19.8 Å². The minimum Gasteiger partial charge on any atom is -0.453 e. The SMILES string of the molecule is Cc1ccc(NC(=O)C(=O)[C@@H](C(=O)c2ccc3ccccc3c2)[C@H]2OC(=O)c3ccccc32)cc1C. The Morgan fingerprint density at radius 3 is 2.31 bits per heavy atom. The zero-order valence-corrected chi connectivity index (χ0v) is 19.8. The van der Waals surface area contributed by atoms with Crippen LogP contribution in [0.5, 0.6) is 0 Å². The van der Waals surface area contributed by atoms with Crippen molar-refractivity contribution < 1.29 is 23.9 Å². The summed E-state index contributed by atoms with van der Waals surface area (Å²) in [5, 5.41) is 4.35. The Morgan fingerprint density at radius 2 is 1.53 bits per heavy atom. The lowest BCUT2D eigenvalue weighted by Gasteiger charge is -2.21. The third-order valence-electron chi connectivity index (χ3n) is 6.61.